The average molecular weight is 285 g/mol. The molecule has 1 aromatic carbocycles. The second-order valence-electron chi connectivity index (χ2n) is 4.88. The van der Waals surface area contributed by atoms with E-state index in [-0.39, 0.29) is 0 Å². The first-order valence-electron chi connectivity index (χ1n) is 7.49. The van der Waals surface area contributed by atoms with Gasteiger partial charge < -0.3 is 9.64 Å². The molecule has 0 saturated carbocycles. The van der Waals surface area contributed by atoms with Gasteiger partial charge in [0.15, 0.2) is 0 Å². The first-order valence-corrected chi connectivity index (χ1v) is 7.49. The molecule has 21 heavy (non-hydrogen) atoms. The molecule has 0 spiro atoms. The van der Waals surface area contributed by atoms with Crippen LogP contribution in [0, 0.1) is 6.92 Å². The van der Waals surface area contributed by atoms with E-state index >= 15 is 0 Å². The molecule has 0 atom stereocenters. The maximum Gasteiger partial charge on any atom is 0.217 e. The lowest BCUT2D eigenvalue weighted by Crippen LogP contribution is -2.28. The molecule has 2 aromatic rings. The summed E-state index contributed by atoms with van der Waals surface area (Å²) in [5, 5.41) is 0. The lowest BCUT2D eigenvalue weighted by Gasteiger charge is -2.17. The number of rotatable bonds is 7. The van der Waals surface area contributed by atoms with Gasteiger partial charge in [0.05, 0.1) is 5.69 Å². The Labute approximate surface area is 126 Å². The van der Waals surface area contributed by atoms with Crippen molar-refractivity contribution in [2.75, 3.05) is 26.2 Å². The number of aromatic nitrogens is 2. The highest BCUT2D eigenvalue weighted by Crippen LogP contribution is 2.20. The van der Waals surface area contributed by atoms with E-state index < -0.39 is 0 Å². The Morgan fingerprint density at radius 3 is 2.43 bits per heavy atom. The third-order valence-corrected chi connectivity index (χ3v) is 3.44. The summed E-state index contributed by atoms with van der Waals surface area (Å²) in [6.07, 6.45) is 0. The van der Waals surface area contributed by atoms with Crippen LogP contribution in [0.15, 0.2) is 36.4 Å². The fraction of sp³-hybridized carbons (Fsp3) is 0.412. The molecule has 0 radical (unpaired) electrons. The Morgan fingerprint density at radius 2 is 1.76 bits per heavy atom. The number of nitrogens with zero attached hydrogens (tertiary/aromatic N) is 3. The van der Waals surface area contributed by atoms with Gasteiger partial charge in [0, 0.05) is 18.2 Å². The van der Waals surface area contributed by atoms with E-state index in [1.807, 2.05) is 43.3 Å². The molecular formula is C17H23N3O. The number of ether oxygens (including phenoxy) is 1. The van der Waals surface area contributed by atoms with Crippen LogP contribution in [0.3, 0.4) is 0 Å². The molecular weight excluding hydrogens is 262 g/mol. The Kier molecular flexibility index (Phi) is 5.69. The fourth-order valence-corrected chi connectivity index (χ4v) is 2.19. The number of hydrogen-bond donors (Lipinski definition) is 0. The second-order valence-corrected chi connectivity index (χ2v) is 4.88. The van der Waals surface area contributed by atoms with Gasteiger partial charge in [-0.3, -0.25) is 0 Å². The van der Waals surface area contributed by atoms with Crippen molar-refractivity contribution in [3.05, 3.63) is 42.2 Å². The van der Waals surface area contributed by atoms with Gasteiger partial charge in [0.2, 0.25) is 5.88 Å². The van der Waals surface area contributed by atoms with Gasteiger partial charge in [0.25, 0.3) is 0 Å². The van der Waals surface area contributed by atoms with Crippen molar-refractivity contribution >= 4 is 0 Å². The lowest BCUT2D eigenvalue weighted by molar-refractivity contribution is 0.217. The maximum atomic E-state index is 5.79. The van der Waals surface area contributed by atoms with E-state index in [4.69, 9.17) is 4.74 Å². The van der Waals surface area contributed by atoms with Gasteiger partial charge in [-0.2, -0.15) is 4.98 Å². The molecule has 0 aliphatic carbocycles. The molecule has 0 aliphatic rings. The van der Waals surface area contributed by atoms with E-state index in [1.54, 1.807) is 0 Å². The van der Waals surface area contributed by atoms with Crippen molar-refractivity contribution in [3.63, 3.8) is 0 Å². The Balaban J connectivity index is 2.06. The van der Waals surface area contributed by atoms with Crippen LogP contribution in [-0.4, -0.2) is 41.1 Å². The fourth-order valence-electron chi connectivity index (χ4n) is 2.19. The number of benzene rings is 1. The summed E-state index contributed by atoms with van der Waals surface area (Å²) >= 11 is 0. The second kappa shape index (κ2) is 7.74. The first-order chi connectivity index (χ1) is 10.2. The molecule has 1 aromatic heterocycles. The predicted molar refractivity (Wildman–Crippen MR) is 85.5 cm³/mol. The normalized spacial score (nSPS) is 10.9. The van der Waals surface area contributed by atoms with Crippen LogP contribution in [0.1, 0.15) is 19.7 Å². The summed E-state index contributed by atoms with van der Waals surface area (Å²) < 4.78 is 5.79. The molecule has 0 saturated heterocycles. The highest BCUT2D eigenvalue weighted by Gasteiger charge is 2.06. The summed E-state index contributed by atoms with van der Waals surface area (Å²) in [7, 11) is 0. The van der Waals surface area contributed by atoms with E-state index in [9.17, 15) is 0 Å². The van der Waals surface area contributed by atoms with E-state index in [1.165, 1.54) is 0 Å². The third-order valence-electron chi connectivity index (χ3n) is 3.44. The number of likely N-dealkylation sites (N-methyl/N-ethyl adjacent to an activating group) is 1. The van der Waals surface area contributed by atoms with E-state index in [2.05, 4.69) is 28.7 Å². The smallest absolute Gasteiger partial charge is 0.217 e. The summed E-state index contributed by atoms with van der Waals surface area (Å²) in [5.41, 5.74) is 1.98. The van der Waals surface area contributed by atoms with Crippen LogP contribution >= 0.6 is 0 Å². The van der Waals surface area contributed by atoms with Gasteiger partial charge in [0.1, 0.15) is 12.4 Å². The molecule has 0 amide bonds. The monoisotopic (exact) mass is 285 g/mol. The van der Waals surface area contributed by atoms with Crippen LogP contribution < -0.4 is 4.74 Å². The molecule has 0 unspecified atom stereocenters. The molecule has 112 valence electrons. The SMILES string of the molecule is CCN(CC)CCOc1cc(-c2ccccc2)nc(C)n1. The molecule has 4 nitrogen and oxygen atoms in total. The van der Waals surface area contributed by atoms with Gasteiger partial charge in [-0.1, -0.05) is 44.2 Å². The zero-order chi connectivity index (χ0) is 15.1. The summed E-state index contributed by atoms with van der Waals surface area (Å²) in [6.45, 7) is 9.85. The van der Waals surface area contributed by atoms with Crippen molar-refractivity contribution in [1.82, 2.24) is 14.9 Å². The molecule has 0 aliphatic heterocycles. The molecule has 0 N–H and O–H groups in total. The van der Waals surface area contributed by atoms with Crippen LogP contribution in [-0.2, 0) is 0 Å². The number of aryl methyl sites for hydroxylation is 1. The lowest BCUT2D eigenvalue weighted by atomic mass is 10.1. The molecule has 2 rings (SSSR count). The van der Waals surface area contributed by atoms with Crippen molar-refractivity contribution < 1.29 is 4.74 Å². The summed E-state index contributed by atoms with van der Waals surface area (Å²) in [6, 6.07) is 12.0. The van der Waals surface area contributed by atoms with Gasteiger partial charge in [-0.15, -0.1) is 0 Å². The minimum Gasteiger partial charge on any atom is -0.476 e. The minimum absolute atomic E-state index is 0.645. The van der Waals surface area contributed by atoms with Gasteiger partial charge in [-0.25, -0.2) is 4.98 Å². The standard InChI is InChI=1S/C17H23N3O/c1-4-20(5-2)11-12-21-17-13-16(18-14(3)19-17)15-9-7-6-8-10-15/h6-10,13H,4-5,11-12H2,1-3H3. The van der Waals surface area contributed by atoms with Crippen LogP contribution in [0.2, 0.25) is 0 Å². The van der Waals surface area contributed by atoms with Crippen molar-refractivity contribution in [2.45, 2.75) is 20.8 Å². The number of hydrogen-bond acceptors (Lipinski definition) is 4. The highest BCUT2D eigenvalue weighted by atomic mass is 16.5. The Hall–Kier alpha value is -1.94. The first kappa shape index (κ1) is 15.4. The summed E-state index contributed by atoms with van der Waals surface area (Å²) in [5.74, 6) is 1.38. The highest BCUT2D eigenvalue weighted by molar-refractivity contribution is 5.59. The third kappa shape index (κ3) is 4.53. The zero-order valence-electron chi connectivity index (χ0n) is 13.0. The van der Waals surface area contributed by atoms with E-state index in [0.29, 0.717) is 12.5 Å². The van der Waals surface area contributed by atoms with Gasteiger partial charge in [-0.05, 0) is 20.0 Å². The largest absolute Gasteiger partial charge is 0.476 e. The molecule has 1 heterocycles. The Morgan fingerprint density at radius 1 is 1.05 bits per heavy atom. The average Bonchev–Trinajstić information content (AvgIpc) is 2.52. The van der Waals surface area contributed by atoms with Crippen LogP contribution in [0.25, 0.3) is 11.3 Å². The van der Waals surface area contributed by atoms with Crippen molar-refractivity contribution in [2.24, 2.45) is 0 Å². The maximum absolute atomic E-state index is 5.79. The van der Waals surface area contributed by atoms with Gasteiger partial charge >= 0.3 is 0 Å². The quantitative estimate of drug-likeness (QED) is 0.783. The predicted octanol–water partition coefficient (Wildman–Crippen LogP) is 3.17. The topological polar surface area (TPSA) is 38.2 Å². The van der Waals surface area contributed by atoms with Crippen molar-refractivity contribution in [1.29, 1.82) is 0 Å². The van der Waals surface area contributed by atoms with Crippen molar-refractivity contribution in [3.8, 4) is 17.1 Å². The Bertz CT molecular complexity index is 553. The van der Waals surface area contributed by atoms with Crippen LogP contribution in [0.5, 0.6) is 5.88 Å². The van der Waals surface area contributed by atoms with E-state index in [0.717, 1.165) is 36.7 Å². The molecule has 4 heteroatoms. The zero-order valence-corrected chi connectivity index (χ0v) is 13.0. The minimum atomic E-state index is 0.645. The molecule has 0 fully saturated rings. The van der Waals surface area contributed by atoms with Crippen LogP contribution in [0.4, 0.5) is 0 Å². The molecule has 0 bridgehead atoms. The summed E-state index contributed by atoms with van der Waals surface area (Å²) in [4.78, 5) is 11.2.